The minimum Gasteiger partial charge on any atom is -0.508 e. The molecule has 2 aromatic carbocycles. The summed E-state index contributed by atoms with van der Waals surface area (Å²) in [6.07, 6.45) is 0. The lowest BCUT2D eigenvalue weighted by Crippen LogP contribution is -1.99. The SMILES string of the molecule is O=[N+]([O-])c1c(O)ccc(-c2ccc(O)cc2)c1[N+](=O)[O-]. The summed E-state index contributed by atoms with van der Waals surface area (Å²) in [5.74, 6) is -0.811. The van der Waals surface area contributed by atoms with E-state index in [1.807, 2.05) is 0 Å². The van der Waals surface area contributed by atoms with Crippen LogP contribution in [0, 0.1) is 20.2 Å². The minimum absolute atomic E-state index is 0.0144. The highest BCUT2D eigenvalue weighted by atomic mass is 16.6. The molecular formula is C12H8N2O6. The lowest BCUT2D eigenvalue weighted by molar-refractivity contribution is -0.422. The van der Waals surface area contributed by atoms with Gasteiger partial charge in [0.15, 0.2) is 0 Å². The van der Waals surface area contributed by atoms with E-state index in [-0.39, 0.29) is 11.3 Å². The molecule has 0 spiro atoms. The molecule has 102 valence electrons. The Labute approximate surface area is 111 Å². The number of hydrogen-bond acceptors (Lipinski definition) is 6. The number of rotatable bonds is 3. The van der Waals surface area contributed by atoms with Gasteiger partial charge in [0.1, 0.15) is 5.75 Å². The van der Waals surface area contributed by atoms with Crippen LogP contribution in [0.5, 0.6) is 11.5 Å². The molecule has 0 heterocycles. The lowest BCUT2D eigenvalue weighted by atomic mass is 10.0. The standard InChI is InChI=1S/C12H8N2O6/c15-8-3-1-7(2-4-8)9-5-6-10(16)12(14(19)20)11(9)13(17)18/h1-6,15-16H. The Kier molecular flexibility index (Phi) is 3.21. The summed E-state index contributed by atoms with van der Waals surface area (Å²) in [5, 5.41) is 40.6. The van der Waals surface area contributed by atoms with Crippen LogP contribution in [0.4, 0.5) is 11.4 Å². The largest absolute Gasteiger partial charge is 0.508 e. The normalized spacial score (nSPS) is 10.2. The Morgan fingerprint density at radius 1 is 0.800 bits per heavy atom. The van der Waals surface area contributed by atoms with Gasteiger partial charge in [-0.1, -0.05) is 12.1 Å². The van der Waals surface area contributed by atoms with Gasteiger partial charge in [0.05, 0.1) is 15.4 Å². The van der Waals surface area contributed by atoms with E-state index in [0.29, 0.717) is 5.56 Å². The van der Waals surface area contributed by atoms with Crippen molar-refractivity contribution in [2.75, 3.05) is 0 Å². The highest BCUT2D eigenvalue weighted by Crippen LogP contribution is 2.43. The number of phenols is 2. The number of aromatic hydroxyl groups is 2. The van der Waals surface area contributed by atoms with Crippen LogP contribution in [0.2, 0.25) is 0 Å². The zero-order valence-corrected chi connectivity index (χ0v) is 9.89. The Morgan fingerprint density at radius 3 is 1.85 bits per heavy atom. The van der Waals surface area contributed by atoms with Gasteiger partial charge in [-0.3, -0.25) is 20.2 Å². The molecule has 0 amide bonds. The topological polar surface area (TPSA) is 127 Å². The highest BCUT2D eigenvalue weighted by Gasteiger charge is 2.33. The molecule has 2 rings (SSSR count). The van der Waals surface area contributed by atoms with Crippen molar-refractivity contribution in [3.63, 3.8) is 0 Å². The third kappa shape index (κ3) is 2.21. The quantitative estimate of drug-likeness (QED) is 0.655. The fourth-order valence-corrected chi connectivity index (χ4v) is 1.81. The summed E-state index contributed by atoms with van der Waals surface area (Å²) in [6.45, 7) is 0. The Balaban J connectivity index is 2.77. The summed E-state index contributed by atoms with van der Waals surface area (Å²) >= 11 is 0. The molecule has 0 aliphatic rings. The predicted octanol–water partition coefficient (Wildman–Crippen LogP) is 2.58. The molecule has 0 bridgehead atoms. The molecule has 8 heteroatoms. The molecule has 8 nitrogen and oxygen atoms in total. The Bertz CT molecular complexity index is 696. The van der Waals surface area contributed by atoms with Crippen molar-refractivity contribution in [1.29, 1.82) is 0 Å². The van der Waals surface area contributed by atoms with Crippen molar-refractivity contribution in [2.24, 2.45) is 0 Å². The van der Waals surface area contributed by atoms with Gasteiger partial charge in [0.25, 0.3) is 0 Å². The molecule has 20 heavy (non-hydrogen) atoms. The van der Waals surface area contributed by atoms with E-state index >= 15 is 0 Å². The van der Waals surface area contributed by atoms with E-state index in [1.54, 1.807) is 0 Å². The van der Waals surface area contributed by atoms with Crippen molar-refractivity contribution in [3.05, 3.63) is 56.6 Å². The first-order valence-electron chi connectivity index (χ1n) is 5.36. The second-order valence-corrected chi connectivity index (χ2v) is 3.89. The molecule has 0 unspecified atom stereocenters. The van der Waals surface area contributed by atoms with Crippen molar-refractivity contribution in [1.82, 2.24) is 0 Å². The van der Waals surface area contributed by atoms with E-state index in [0.717, 1.165) is 6.07 Å². The number of hydrogen-bond donors (Lipinski definition) is 2. The van der Waals surface area contributed by atoms with Crippen LogP contribution in [0.25, 0.3) is 11.1 Å². The number of nitrogens with zero attached hydrogens (tertiary/aromatic N) is 2. The van der Waals surface area contributed by atoms with Gasteiger partial charge in [-0.05, 0) is 29.8 Å². The summed E-state index contributed by atoms with van der Waals surface area (Å²) in [7, 11) is 0. The maximum Gasteiger partial charge on any atom is 0.387 e. The van der Waals surface area contributed by atoms with Crippen molar-refractivity contribution >= 4 is 11.4 Å². The first-order valence-corrected chi connectivity index (χ1v) is 5.36. The van der Waals surface area contributed by atoms with Gasteiger partial charge in [-0.2, -0.15) is 0 Å². The molecule has 0 saturated carbocycles. The third-order valence-electron chi connectivity index (χ3n) is 2.67. The summed E-state index contributed by atoms with van der Waals surface area (Å²) in [4.78, 5) is 20.0. The van der Waals surface area contributed by atoms with Crippen LogP contribution in [0.1, 0.15) is 0 Å². The van der Waals surface area contributed by atoms with E-state index < -0.39 is 27.0 Å². The summed E-state index contributed by atoms with van der Waals surface area (Å²) < 4.78 is 0. The van der Waals surface area contributed by atoms with Crippen molar-refractivity contribution < 1.29 is 20.1 Å². The van der Waals surface area contributed by atoms with Crippen LogP contribution < -0.4 is 0 Å². The fraction of sp³-hybridized carbons (Fsp3) is 0. The highest BCUT2D eigenvalue weighted by molar-refractivity contribution is 5.82. The number of nitro groups is 2. The van der Waals surface area contributed by atoms with Gasteiger partial charge in [0, 0.05) is 0 Å². The monoisotopic (exact) mass is 276 g/mol. The number of benzene rings is 2. The lowest BCUT2D eigenvalue weighted by Gasteiger charge is -2.05. The van der Waals surface area contributed by atoms with Gasteiger partial charge in [0.2, 0.25) is 5.75 Å². The van der Waals surface area contributed by atoms with Gasteiger partial charge >= 0.3 is 11.4 Å². The second kappa shape index (κ2) is 4.84. The molecule has 0 fully saturated rings. The van der Waals surface area contributed by atoms with Crippen LogP contribution >= 0.6 is 0 Å². The van der Waals surface area contributed by atoms with E-state index in [2.05, 4.69) is 0 Å². The Hall–Kier alpha value is -3.16. The Morgan fingerprint density at radius 2 is 1.35 bits per heavy atom. The number of nitro benzene ring substituents is 2. The zero-order valence-electron chi connectivity index (χ0n) is 9.89. The van der Waals surface area contributed by atoms with Crippen LogP contribution in [0.3, 0.4) is 0 Å². The van der Waals surface area contributed by atoms with Crippen LogP contribution in [-0.4, -0.2) is 20.1 Å². The smallest absolute Gasteiger partial charge is 0.387 e. The average molecular weight is 276 g/mol. The molecule has 0 aliphatic carbocycles. The second-order valence-electron chi connectivity index (χ2n) is 3.89. The van der Waals surface area contributed by atoms with Gasteiger partial charge < -0.3 is 10.2 Å². The zero-order chi connectivity index (χ0) is 14.9. The van der Waals surface area contributed by atoms with Crippen molar-refractivity contribution in [2.45, 2.75) is 0 Å². The van der Waals surface area contributed by atoms with Crippen LogP contribution in [0.15, 0.2) is 36.4 Å². The first kappa shape index (κ1) is 13.3. The van der Waals surface area contributed by atoms with Gasteiger partial charge in [-0.15, -0.1) is 0 Å². The number of phenolic OH excluding ortho intramolecular Hbond substituents is 2. The molecule has 0 atom stereocenters. The van der Waals surface area contributed by atoms with E-state index in [4.69, 9.17) is 0 Å². The maximum absolute atomic E-state index is 11.1. The predicted molar refractivity (Wildman–Crippen MR) is 68.5 cm³/mol. The van der Waals surface area contributed by atoms with E-state index in [1.165, 1.54) is 30.3 Å². The summed E-state index contributed by atoms with van der Waals surface area (Å²) in [5.41, 5.74) is -1.45. The fourth-order valence-electron chi connectivity index (χ4n) is 1.81. The van der Waals surface area contributed by atoms with Crippen molar-refractivity contribution in [3.8, 4) is 22.6 Å². The third-order valence-corrected chi connectivity index (χ3v) is 2.67. The molecular weight excluding hydrogens is 268 g/mol. The molecule has 0 radical (unpaired) electrons. The molecule has 0 aromatic heterocycles. The van der Waals surface area contributed by atoms with E-state index in [9.17, 15) is 30.4 Å². The molecule has 0 saturated heterocycles. The first-order chi connectivity index (χ1) is 9.41. The maximum atomic E-state index is 11.1. The van der Waals surface area contributed by atoms with Gasteiger partial charge in [-0.25, -0.2) is 0 Å². The molecule has 0 aliphatic heterocycles. The minimum atomic E-state index is -1.00. The molecule has 2 aromatic rings. The van der Waals surface area contributed by atoms with Crippen LogP contribution in [-0.2, 0) is 0 Å². The molecule has 2 N–H and O–H groups in total. The average Bonchev–Trinajstić information content (AvgIpc) is 2.39. The summed E-state index contributed by atoms with van der Waals surface area (Å²) in [6, 6.07) is 7.62.